The van der Waals surface area contributed by atoms with Crippen LogP contribution in [0.4, 0.5) is 5.69 Å². The van der Waals surface area contributed by atoms with Gasteiger partial charge in [-0.25, -0.2) is 0 Å². The number of hydrogen-bond acceptors (Lipinski definition) is 3. The second kappa shape index (κ2) is 4.87. The molecule has 1 aromatic carbocycles. The van der Waals surface area contributed by atoms with E-state index in [2.05, 4.69) is 20.5 Å². The third-order valence-electron chi connectivity index (χ3n) is 1.54. The Balaban J connectivity index is 2.89. The molecular formula is C10H11N2O2+. The largest absolute Gasteiger partial charge is 0.470 e. The maximum absolute atomic E-state index is 8.81. The Labute approximate surface area is 81.9 Å². The molecule has 0 heterocycles. The molecule has 0 aliphatic carbocycles. The summed E-state index contributed by atoms with van der Waals surface area (Å²) in [6, 6.07) is 7.50. The second-order valence-electron chi connectivity index (χ2n) is 2.66. The fourth-order valence-electron chi connectivity index (χ4n) is 0.783. The van der Waals surface area contributed by atoms with Crippen molar-refractivity contribution in [1.82, 2.24) is 0 Å². The van der Waals surface area contributed by atoms with Crippen LogP contribution >= 0.6 is 0 Å². The minimum atomic E-state index is -0.388. The zero-order chi connectivity index (χ0) is 10.4. The van der Waals surface area contributed by atoms with Crippen LogP contribution in [0, 0.1) is 6.92 Å². The molecule has 0 bridgehead atoms. The van der Waals surface area contributed by atoms with Crippen LogP contribution in [-0.4, -0.2) is 22.9 Å². The lowest BCUT2D eigenvalue weighted by Gasteiger charge is -1.86. The summed E-state index contributed by atoms with van der Waals surface area (Å²) in [7, 11) is 1.32. The molecule has 0 unspecified atom stereocenters. The van der Waals surface area contributed by atoms with Gasteiger partial charge in [0, 0.05) is 0 Å². The molecule has 0 aromatic heterocycles. The van der Waals surface area contributed by atoms with Crippen LogP contribution in [0.25, 0.3) is 0 Å². The average Bonchev–Trinajstić information content (AvgIpc) is 2.21. The highest BCUT2D eigenvalue weighted by molar-refractivity contribution is 5.45. The Morgan fingerprint density at radius 2 is 2.07 bits per heavy atom. The van der Waals surface area contributed by atoms with E-state index in [-0.39, 0.29) is 5.95 Å². The predicted molar refractivity (Wildman–Crippen MR) is 51.7 cm³/mol. The standard InChI is InChI=1S/C10H10N2O2/c1-8-3-5-9(6-4-8)12-11-7-10(13)14-2/h3-6H,1-2H3/p+1. The molecule has 0 fully saturated rings. The van der Waals surface area contributed by atoms with Gasteiger partial charge in [-0.15, -0.1) is 0 Å². The van der Waals surface area contributed by atoms with Crippen LogP contribution in [0.3, 0.4) is 0 Å². The summed E-state index contributed by atoms with van der Waals surface area (Å²) in [4.78, 5) is 3.50. The molecule has 0 radical (unpaired) electrons. The molecule has 4 heteroatoms. The third kappa shape index (κ3) is 3.15. The number of benzene rings is 1. The van der Waals surface area contributed by atoms with Crippen molar-refractivity contribution in [3.63, 3.8) is 0 Å². The first kappa shape index (κ1) is 10.1. The molecule has 0 aliphatic heterocycles. The minimum absolute atomic E-state index is 0.388. The number of aryl methyl sites for hydroxylation is 1. The maximum Gasteiger partial charge on any atom is 0.441 e. The number of aliphatic hydroxyl groups is 1. The number of nitrogens with zero attached hydrogens (tertiary/aromatic N) is 2. The van der Waals surface area contributed by atoms with Crippen molar-refractivity contribution in [2.24, 2.45) is 5.11 Å². The van der Waals surface area contributed by atoms with Gasteiger partial charge in [-0.2, -0.15) is 0 Å². The van der Waals surface area contributed by atoms with Gasteiger partial charge in [-0.05, 0) is 19.1 Å². The zero-order valence-electron chi connectivity index (χ0n) is 8.06. The van der Waals surface area contributed by atoms with Gasteiger partial charge in [-0.3, -0.25) is 0 Å². The van der Waals surface area contributed by atoms with E-state index in [1.165, 1.54) is 7.11 Å². The Morgan fingerprint density at radius 3 is 2.64 bits per heavy atom. The Morgan fingerprint density at radius 1 is 1.43 bits per heavy atom. The maximum atomic E-state index is 8.81. The summed E-state index contributed by atoms with van der Waals surface area (Å²) >= 11 is 0. The Kier molecular flexibility index (Phi) is 3.50. The number of rotatable bonds is 2. The topological polar surface area (TPSA) is 55.9 Å². The van der Waals surface area contributed by atoms with Gasteiger partial charge in [0.05, 0.1) is 7.11 Å². The summed E-state index contributed by atoms with van der Waals surface area (Å²) in [5, 5.41) is 12.6. The molecule has 0 saturated carbocycles. The monoisotopic (exact) mass is 191 g/mol. The summed E-state index contributed by atoms with van der Waals surface area (Å²) in [6.07, 6.45) is 0. The van der Waals surface area contributed by atoms with Gasteiger partial charge in [0.2, 0.25) is 0 Å². The number of hydrogen-bond donors (Lipinski definition) is 1. The van der Waals surface area contributed by atoms with Crippen LogP contribution in [0.2, 0.25) is 0 Å². The Hall–Kier alpha value is -2.02. The lowest BCUT2D eigenvalue weighted by Crippen LogP contribution is -1.83. The second-order valence-corrected chi connectivity index (χ2v) is 2.66. The number of ether oxygens (including phenoxy) is 1. The molecular weight excluding hydrogens is 180 g/mol. The molecule has 1 rings (SSSR count). The zero-order valence-corrected chi connectivity index (χ0v) is 8.06. The molecule has 1 aromatic rings. The lowest BCUT2D eigenvalue weighted by molar-refractivity contribution is -0.0708. The highest BCUT2D eigenvalue weighted by Crippen LogP contribution is 2.10. The first-order valence-electron chi connectivity index (χ1n) is 4.05. The summed E-state index contributed by atoms with van der Waals surface area (Å²) < 4.78 is 4.41. The van der Waals surface area contributed by atoms with Crippen LogP contribution in [0.15, 0.2) is 35.3 Å². The van der Waals surface area contributed by atoms with E-state index in [0.29, 0.717) is 5.69 Å². The minimum Gasteiger partial charge on any atom is -0.470 e. The quantitative estimate of drug-likeness (QED) is 0.336. The summed E-state index contributed by atoms with van der Waals surface area (Å²) in [6.45, 7) is 1.99. The van der Waals surface area contributed by atoms with Crippen LogP contribution in [0.1, 0.15) is 5.56 Å². The number of aliphatic hydroxyl groups excluding tert-OH is 1. The lowest BCUT2D eigenvalue weighted by atomic mass is 10.2. The average molecular weight is 191 g/mol. The van der Waals surface area contributed by atoms with Crippen LogP contribution in [0.5, 0.6) is 0 Å². The SMILES string of the molecule is COC(O)=C=[N+]=Nc1ccc(C)cc1. The van der Waals surface area contributed by atoms with Gasteiger partial charge in [0.15, 0.2) is 0 Å². The first-order chi connectivity index (χ1) is 6.72. The molecule has 0 aliphatic rings. The van der Waals surface area contributed by atoms with Gasteiger partial charge in [0.25, 0.3) is 0 Å². The predicted octanol–water partition coefficient (Wildman–Crippen LogP) is 2.00. The van der Waals surface area contributed by atoms with Crippen molar-refractivity contribution >= 4 is 11.6 Å². The normalized spacial score (nSPS) is 8.43. The van der Waals surface area contributed by atoms with Crippen molar-refractivity contribution in [2.75, 3.05) is 7.11 Å². The van der Waals surface area contributed by atoms with E-state index in [1.807, 2.05) is 31.2 Å². The number of methoxy groups -OCH3 is 1. The molecule has 0 amide bonds. The van der Waals surface area contributed by atoms with E-state index in [4.69, 9.17) is 5.11 Å². The smallest absolute Gasteiger partial charge is 0.441 e. The molecule has 1 N–H and O–H groups in total. The van der Waals surface area contributed by atoms with Crippen molar-refractivity contribution in [3.05, 3.63) is 35.8 Å². The third-order valence-corrected chi connectivity index (χ3v) is 1.54. The highest BCUT2D eigenvalue weighted by Gasteiger charge is 1.94. The molecule has 72 valence electrons. The highest BCUT2D eigenvalue weighted by atomic mass is 16.6. The van der Waals surface area contributed by atoms with E-state index >= 15 is 0 Å². The molecule has 0 saturated heterocycles. The molecule has 0 spiro atoms. The van der Waals surface area contributed by atoms with Gasteiger partial charge in [-0.1, -0.05) is 17.7 Å². The summed E-state index contributed by atoms with van der Waals surface area (Å²) in [5.41, 5.74) is 1.86. The van der Waals surface area contributed by atoms with Crippen molar-refractivity contribution < 1.29 is 14.6 Å². The van der Waals surface area contributed by atoms with E-state index in [9.17, 15) is 0 Å². The molecule has 0 atom stereocenters. The van der Waals surface area contributed by atoms with Gasteiger partial charge in [0.1, 0.15) is 15.6 Å². The fraction of sp³-hybridized carbons (Fsp3) is 0.200. The fourth-order valence-corrected chi connectivity index (χ4v) is 0.783. The van der Waals surface area contributed by atoms with Crippen molar-refractivity contribution in [3.8, 4) is 0 Å². The van der Waals surface area contributed by atoms with E-state index in [1.54, 1.807) is 0 Å². The Bertz CT molecular complexity index is 397. The van der Waals surface area contributed by atoms with Gasteiger partial charge < -0.3 is 9.84 Å². The first-order valence-corrected chi connectivity index (χ1v) is 4.05. The van der Waals surface area contributed by atoms with E-state index < -0.39 is 0 Å². The van der Waals surface area contributed by atoms with Gasteiger partial charge >= 0.3 is 11.8 Å². The summed E-state index contributed by atoms with van der Waals surface area (Å²) in [5.74, 6) is 1.82. The molecule has 14 heavy (non-hydrogen) atoms. The van der Waals surface area contributed by atoms with Crippen molar-refractivity contribution in [2.45, 2.75) is 6.92 Å². The van der Waals surface area contributed by atoms with Crippen LogP contribution in [-0.2, 0) is 4.74 Å². The van der Waals surface area contributed by atoms with Crippen LogP contribution < -0.4 is 0 Å². The molecule has 4 nitrogen and oxygen atoms in total. The van der Waals surface area contributed by atoms with E-state index in [0.717, 1.165) is 5.56 Å². The van der Waals surface area contributed by atoms with Crippen molar-refractivity contribution in [1.29, 1.82) is 0 Å².